The minimum atomic E-state index is -0.723. The molecule has 0 aliphatic rings. The number of aromatic nitrogens is 1. The van der Waals surface area contributed by atoms with Crippen LogP contribution >= 0.6 is 0 Å². The molecule has 0 atom stereocenters. The molecule has 31 heavy (non-hydrogen) atoms. The maximum atomic E-state index is 12.4. The highest BCUT2D eigenvalue weighted by Crippen LogP contribution is 2.32. The van der Waals surface area contributed by atoms with Crippen LogP contribution in [0, 0.1) is 10.8 Å². The topological polar surface area (TPSA) is 94.6 Å². The summed E-state index contributed by atoms with van der Waals surface area (Å²) in [6.07, 6.45) is 3.60. The highest BCUT2D eigenvalue weighted by atomic mass is 16.6. The second-order valence-electron chi connectivity index (χ2n) is 9.31. The standard InChI is InChI=1S/C24H30N2O5/c1-23(2,3)21(28)30-18-10-9-16(14-19(18)31-22(29)24(4,5)6)11-13-26-20(27)17-8-7-12-25-15-17/h7-10,12,14-15H,11,13H2,1-6H3,(H,26,27). The van der Waals surface area contributed by atoms with Crippen LogP contribution in [0.4, 0.5) is 0 Å². The fourth-order valence-corrected chi connectivity index (χ4v) is 2.30. The summed E-state index contributed by atoms with van der Waals surface area (Å²) in [6.45, 7) is 10.8. The van der Waals surface area contributed by atoms with E-state index in [1.807, 2.05) is 0 Å². The first-order valence-electron chi connectivity index (χ1n) is 10.1. The molecule has 0 aliphatic carbocycles. The summed E-state index contributed by atoms with van der Waals surface area (Å²) in [5, 5.41) is 2.83. The Morgan fingerprint density at radius 1 is 0.903 bits per heavy atom. The molecular weight excluding hydrogens is 396 g/mol. The van der Waals surface area contributed by atoms with Crippen molar-refractivity contribution < 1.29 is 23.9 Å². The van der Waals surface area contributed by atoms with Crippen LogP contribution in [0.3, 0.4) is 0 Å². The number of ether oxygens (including phenoxy) is 2. The second kappa shape index (κ2) is 9.73. The van der Waals surface area contributed by atoms with Gasteiger partial charge in [-0.2, -0.15) is 0 Å². The summed E-state index contributed by atoms with van der Waals surface area (Å²) in [5.74, 6) is -0.739. The highest BCUT2D eigenvalue weighted by molar-refractivity contribution is 5.93. The molecule has 0 fully saturated rings. The van der Waals surface area contributed by atoms with E-state index in [4.69, 9.17) is 9.47 Å². The van der Waals surface area contributed by atoms with Gasteiger partial charge in [-0.1, -0.05) is 6.07 Å². The third kappa shape index (κ3) is 7.20. The molecule has 1 aromatic carbocycles. The molecular formula is C24H30N2O5. The Morgan fingerprint density at radius 2 is 1.52 bits per heavy atom. The Labute approximate surface area is 183 Å². The van der Waals surface area contributed by atoms with Gasteiger partial charge in [0, 0.05) is 18.9 Å². The van der Waals surface area contributed by atoms with Gasteiger partial charge in [-0.25, -0.2) is 0 Å². The highest BCUT2D eigenvalue weighted by Gasteiger charge is 2.28. The van der Waals surface area contributed by atoms with E-state index in [0.717, 1.165) is 5.56 Å². The normalized spacial score (nSPS) is 11.5. The third-order valence-corrected chi connectivity index (χ3v) is 4.26. The summed E-state index contributed by atoms with van der Waals surface area (Å²) < 4.78 is 11.0. The van der Waals surface area contributed by atoms with Gasteiger partial charge in [-0.15, -0.1) is 0 Å². The lowest BCUT2D eigenvalue weighted by Crippen LogP contribution is -2.28. The summed E-state index contributed by atoms with van der Waals surface area (Å²) in [6, 6.07) is 8.42. The molecule has 2 rings (SSSR count). The van der Waals surface area contributed by atoms with Crippen LogP contribution in [0.25, 0.3) is 0 Å². The molecule has 1 aromatic heterocycles. The van der Waals surface area contributed by atoms with Crippen LogP contribution in [0.2, 0.25) is 0 Å². The Balaban J connectivity index is 2.15. The molecule has 0 saturated heterocycles. The molecule has 0 bridgehead atoms. The molecule has 0 saturated carbocycles. The van der Waals surface area contributed by atoms with Gasteiger partial charge in [0.15, 0.2) is 11.5 Å². The molecule has 7 nitrogen and oxygen atoms in total. The van der Waals surface area contributed by atoms with Crippen molar-refractivity contribution in [1.29, 1.82) is 0 Å². The van der Waals surface area contributed by atoms with Crippen molar-refractivity contribution in [3.8, 4) is 11.5 Å². The number of hydrogen-bond donors (Lipinski definition) is 1. The molecule has 1 amide bonds. The molecule has 1 heterocycles. The van der Waals surface area contributed by atoms with Crippen LogP contribution in [0.5, 0.6) is 11.5 Å². The van der Waals surface area contributed by atoms with E-state index in [9.17, 15) is 14.4 Å². The number of rotatable bonds is 6. The molecule has 166 valence electrons. The quantitative estimate of drug-likeness (QED) is 0.555. The van der Waals surface area contributed by atoms with E-state index in [2.05, 4.69) is 10.3 Å². The fourth-order valence-electron chi connectivity index (χ4n) is 2.30. The van der Waals surface area contributed by atoms with E-state index >= 15 is 0 Å². The van der Waals surface area contributed by atoms with Gasteiger partial charge in [0.05, 0.1) is 16.4 Å². The molecule has 2 aromatic rings. The van der Waals surface area contributed by atoms with Gasteiger partial charge in [-0.3, -0.25) is 19.4 Å². The second-order valence-corrected chi connectivity index (χ2v) is 9.31. The molecule has 0 spiro atoms. The van der Waals surface area contributed by atoms with Gasteiger partial charge < -0.3 is 14.8 Å². The summed E-state index contributed by atoms with van der Waals surface area (Å²) in [7, 11) is 0. The van der Waals surface area contributed by atoms with Crippen molar-refractivity contribution in [2.45, 2.75) is 48.0 Å². The molecule has 1 N–H and O–H groups in total. The first-order valence-corrected chi connectivity index (χ1v) is 10.1. The van der Waals surface area contributed by atoms with Crippen LogP contribution in [0.1, 0.15) is 57.5 Å². The van der Waals surface area contributed by atoms with Crippen molar-refractivity contribution in [3.05, 3.63) is 53.9 Å². The van der Waals surface area contributed by atoms with Crippen molar-refractivity contribution in [1.82, 2.24) is 10.3 Å². The minimum absolute atomic E-state index is 0.175. The Bertz CT molecular complexity index is 941. The van der Waals surface area contributed by atoms with Gasteiger partial charge in [0.1, 0.15) is 0 Å². The van der Waals surface area contributed by atoms with Gasteiger partial charge in [0.2, 0.25) is 0 Å². The largest absolute Gasteiger partial charge is 0.422 e. The Hall–Kier alpha value is -3.22. The number of esters is 2. The first-order chi connectivity index (χ1) is 14.4. The van der Waals surface area contributed by atoms with E-state index in [1.165, 1.54) is 6.20 Å². The van der Waals surface area contributed by atoms with E-state index in [-0.39, 0.29) is 17.4 Å². The molecule has 0 unspecified atom stereocenters. The number of carbonyl (C=O) groups is 3. The number of benzene rings is 1. The van der Waals surface area contributed by atoms with Crippen LogP contribution in [0.15, 0.2) is 42.7 Å². The average Bonchev–Trinajstić information content (AvgIpc) is 2.68. The molecule has 0 aliphatic heterocycles. The monoisotopic (exact) mass is 426 g/mol. The van der Waals surface area contributed by atoms with Crippen molar-refractivity contribution in [2.24, 2.45) is 10.8 Å². The number of amides is 1. The van der Waals surface area contributed by atoms with Gasteiger partial charge in [-0.05, 0) is 77.8 Å². The maximum Gasteiger partial charge on any atom is 0.316 e. The summed E-state index contributed by atoms with van der Waals surface area (Å²) in [5.41, 5.74) is -0.134. The molecule has 0 radical (unpaired) electrons. The minimum Gasteiger partial charge on any atom is -0.422 e. The maximum absolute atomic E-state index is 12.4. The zero-order valence-corrected chi connectivity index (χ0v) is 18.9. The molecule has 7 heteroatoms. The number of nitrogens with zero attached hydrogens (tertiary/aromatic N) is 1. The number of hydrogen-bond acceptors (Lipinski definition) is 6. The zero-order chi connectivity index (χ0) is 23.2. The van der Waals surface area contributed by atoms with Gasteiger partial charge >= 0.3 is 11.9 Å². The first kappa shape index (κ1) is 24.1. The lowest BCUT2D eigenvalue weighted by atomic mass is 9.97. The fraction of sp³-hybridized carbons (Fsp3) is 0.417. The van der Waals surface area contributed by atoms with Crippen molar-refractivity contribution >= 4 is 17.8 Å². The van der Waals surface area contributed by atoms with Gasteiger partial charge in [0.25, 0.3) is 5.91 Å². The zero-order valence-electron chi connectivity index (χ0n) is 18.9. The predicted octanol–water partition coefficient (Wildman–Crippen LogP) is 3.96. The Kier molecular flexibility index (Phi) is 7.55. The van der Waals surface area contributed by atoms with Crippen molar-refractivity contribution in [3.63, 3.8) is 0 Å². The SMILES string of the molecule is CC(C)(C)C(=O)Oc1ccc(CCNC(=O)c2cccnc2)cc1OC(=O)C(C)(C)C. The lowest BCUT2D eigenvalue weighted by molar-refractivity contribution is -0.145. The average molecular weight is 427 g/mol. The number of pyridine rings is 1. The van der Waals surface area contributed by atoms with Crippen molar-refractivity contribution in [2.75, 3.05) is 6.54 Å². The van der Waals surface area contributed by atoms with E-state index in [1.54, 1.807) is 78.1 Å². The number of nitrogens with one attached hydrogen (secondary N) is 1. The van der Waals surface area contributed by atoms with Crippen LogP contribution in [-0.4, -0.2) is 29.4 Å². The smallest absolute Gasteiger partial charge is 0.316 e. The number of carbonyl (C=O) groups excluding carboxylic acids is 3. The summed E-state index contributed by atoms with van der Waals surface area (Å²) >= 11 is 0. The third-order valence-electron chi connectivity index (χ3n) is 4.26. The van der Waals surface area contributed by atoms with Crippen LogP contribution < -0.4 is 14.8 Å². The Morgan fingerprint density at radius 3 is 2.06 bits per heavy atom. The van der Waals surface area contributed by atoms with E-state index < -0.39 is 22.8 Å². The summed E-state index contributed by atoms with van der Waals surface area (Å²) in [4.78, 5) is 40.8. The van der Waals surface area contributed by atoms with E-state index in [0.29, 0.717) is 18.5 Å². The lowest BCUT2D eigenvalue weighted by Gasteiger charge is -2.21. The van der Waals surface area contributed by atoms with Crippen LogP contribution in [-0.2, 0) is 16.0 Å². The predicted molar refractivity (Wildman–Crippen MR) is 117 cm³/mol.